The van der Waals surface area contributed by atoms with Gasteiger partial charge in [0.15, 0.2) is 16.6 Å². The minimum Gasteiger partial charge on any atom is -0.519 e. The van der Waals surface area contributed by atoms with Gasteiger partial charge in [0, 0.05) is 12.0 Å². The van der Waals surface area contributed by atoms with Crippen molar-refractivity contribution in [1.82, 2.24) is 0 Å². The molecular formula is C39H72O4Si3. The molecular weight excluding hydrogens is 617 g/mol. The predicted molar refractivity (Wildman–Crippen MR) is 200 cm³/mol. The van der Waals surface area contributed by atoms with Crippen LogP contribution in [0.2, 0.25) is 58.9 Å². The Morgan fingerprint density at radius 1 is 0.761 bits per heavy atom. The first kappa shape index (κ1) is 37.0. The molecule has 4 saturated carbocycles. The van der Waals surface area contributed by atoms with E-state index in [1.54, 1.807) is 5.57 Å². The SMILES string of the molecule is CC1(C)CC[C@]2(C(=O)O[Si](C)(C)C)CC[C@]3(C)C(=CC[C@@H]4[C@@]5(C)CC[C@H](O[Si](C)(C)C)[C@@](C)(CO[Si](C)(C)C)[C@@H]5CC[C@]43C)[C@@H]2C1. The number of hydrogen-bond acceptors (Lipinski definition) is 4. The first-order valence-corrected chi connectivity index (χ1v) is 29.2. The van der Waals surface area contributed by atoms with E-state index in [0.717, 1.165) is 51.6 Å². The summed E-state index contributed by atoms with van der Waals surface area (Å²) in [5, 5.41) is 0. The van der Waals surface area contributed by atoms with Crippen LogP contribution < -0.4 is 0 Å². The lowest BCUT2D eigenvalue weighted by Crippen LogP contribution is -2.67. The van der Waals surface area contributed by atoms with Crippen LogP contribution in [0.25, 0.3) is 0 Å². The number of carbonyl (C=O) groups is 1. The predicted octanol–water partition coefficient (Wildman–Crippen LogP) is 11.2. The molecule has 0 aliphatic heterocycles. The molecule has 0 N–H and O–H groups in total. The Morgan fingerprint density at radius 3 is 1.98 bits per heavy atom. The fourth-order valence-corrected chi connectivity index (χ4v) is 14.7. The van der Waals surface area contributed by atoms with E-state index in [1.165, 1.54) is 19.3 Å². The van der Waals surface area contributed by atoms with E-state index >= 15 is 0 Å². The number of rotatable bonds is 7. The molecule has 0 saturated heterocycles. The van der Waals surface area contributed by atoms with Crippen LogP contribution in [0, 0.1) is 50.2 Å². The molecule has 0 unspecified atom stereocenters. The highest BCUT2D eigenvalue weighted by molar-refractivity contribution is 6.71. The van der Waals surface area contributed by atoms with Gasteiger partial charge in [-0.1, -0.05) is 53.2 Å². The van der Waals surface area contributed by atoms with Gasteiger partial charge in [-0.15, -0.1) is 0 Å². The van der Waals surface area contributed by atoms with Gasteiger partial charge >= 0.3 is 0 Å². The van der Waals surface area contributed by atoms with E-state index in [2.05, 4.69) is 107 Å². The fourth-order valence-electron chi connectivity index (χ4n) is 12.0. The second-order valence-electron chi connectivity index (χ2n) is 21.5. The van der Waals surface area contributed by atoms with Crippen LogP contribution in [0.3, 0.4) is 0 Å². The summed E-state index contributed by atoms with van der Waals surface area (Å²) in [6.07, 6.45) is 14.3. The standard InChI is InChI=1S/C39H72O4Si3/c1-34(2)22-24-39(33(40)43-46(13,14)15)25-23-37(5)28(29(39)26-34)16-17-31-35(3)20-19-32(42-45(10,11)12)36(4,27-41-44(7,8)9)30(35)18-21-38(31,37)6/h16,29-32H,17-27H2,1-15H3/t29-,30+,31+,32-,35-,36-,37+,38+,39-/m0/s1. The lowest BCUT2D eigenvalue weighted by Gasteiger charge is -2.71. The monoisotopic (exact) mass is 688 g/mol. The van der Waals surface area contributed by atoms with Gasteiger partial charge in [0.2, 0.25) is 8.32 Å². The van der Waals surface area contributed by atoms with E-state index in [9.17, 15) is 4.79 Å². The van der Waals surface area contributed by atoms with Crippen molar-refractivity contribution in [1.29, 1.82) is 0 Å². The van der Waals surface area contributed by atoms with Gasteiger partial charge < -0.3 is 13.3 Å². The van der Waals surface area contributed by atoms with Gasteiger partial charge in [0.1, 0.15) is 0 Å². The van der Waals surface area contributed by atoms with Crippen LogP contribution in [0.4, 0.5) is 0 Å². The van der Waals surface area contributed by atoms with Crippen molar-refractivity contribution in [3.05, 3.63) is 11.6 Å². The molecule has 0 bridgehead atoms. The zero-order chi connectivity index (χ0) is 34.6. The normalized spacial score (nSPS) is 44.2. The lowest BCUT2D eigenvalue weighted by atomic mass is 9.33. The van der Waals surface area contributed by atoms with Crippen molar-refractivity contribution >= 4 is 30.9 Å². The van der Waals surface area contributed by atoms with Crippen molar-refractivity contribution in [3.8, 4) is 0 Å². The highest BCUT2D eigenvalue weighted by Gasteiger charge is 2.70. The van der Waals surface area contributed by atoms with Crippen molar-refractivity contribution in [3.63, 3.8) is 0 Å². The Morgan fingerprint density at radius 2 is 1.39 bits per heavy atom. The minimum atomic E-state index is -1.99. The minimum absolute atomic E-state index is 0.0233. The van der Waals surface area contributed by atoms with Gasteiger partial charge in [-0.25, -0.2) is 0 Å². The summed E-state index contributed by atoms with van der Waals surface area (Å²) in [5.41, 5.74) is 2.14. The quantitative estimate of drug-likeness (QED) is 0.197. The van der Waals surface area contributed by atoms with Crippen LogP contribution in [-0.2, 0) is 18.1 Å². The number of fused-ring (bicyclic) bond motifs is 7. The second-order valence-corrected chi connectivity index (χ2v) is 34.9. The molecule has 46 heavy (non-hydrogen) atoms. The highest BCUT2D eigenvalue weighted by Crippen LogP contribution is 2.76. The summed E-state index contributed by atoms with van der Waals surface area (Å²) in [5.74, 6) is 1.66. The molecule has 5 aliphatic carbocycles. The third-order valence-corrected chi connectivity index (χ3v) is 17.3. The van der Waals surface area contributed by atoms with E-state index < -0.39 is 25.0 Å². The molecule has 0 heterocycles. The molecule has 0 spiro atoms. The van der Waals surface area contributed by atoms with Gasteiger partial charge in [0.25, 0.3) is 5.97 Å². The maximum atomic E-state index is 14.3. The van der Waals surface area contributed by atoms with E-state index in [0.29, 0.717) is 17.8 Å². The number of hydrogen-bond donors (Lipinski definition) is 0. The van der Waals surface area contributed by atoms with Crippen LogP contribution in [0.15, 0.2) is 11.6 Å². The Labute approximate surface area is 287 Å². The van der Waals surface area contributed by atoms with Crippen LogP contribution in [0.1, 0.15) is 106 Å². The number of carbonyl (C=O) groups excluding carboxylic acids is 1. The van der Waals surface area contributed by atoms with Gasteiger partial charge in [-0.2, -0.15) is 0 Å². The Bertz CT molecular complexity index is 1220. The van der Waals surface area contributed by atoms with Crippen molar-refractivity contribution in [2.75, 3.05) is 6.61 Å². The summed E-state index contributed by atoms with van der Waals surface area (Å²) in [4.78, 5) is 14.3. The third-order valence-electron chi connectivity index (χ3n) is 14.5. The topological polar surface area (TPSA) is 44.8 Å². The summed E-state index contributed by atoms with van der Waals surface area (Å²) in [6.45, 7) is 36.9. The van der Waals surface area contributed by atoms with Crippen molar-refractivity contribution < 1.29 is 18.1 Å². The maximum absolute atomic E-state index is 14.3. The first-order valence-electron chi connectivity index (χ1n) is 19.0. The summed E-state index contributed by atoms with van der Waals surface area (Å²) in [6, 6.07) is 0. The zero-order valence-electron chi connectivity index (χ0n) is 32.8. The average Bonchev–Trinajstić information content (AvgIpc) is 2.87. The van der Waals surface area contributed by atoms with Gasteiger partial charge in [-0.3, -0.25) is 4.79 Å². The van der Waals surface area contributed by atoms with E-state index in [4.69, 9.17) is 13.3 Å². The molecule has 264 valence electrons. The summed E-state index contributed by atoms with van der Waals surface area (Å²) < 4.78 is 20.3. The Hall–Kier alpha value is -0.219. The fraction of sp³-hybridized carbons (Fsp3) is 0.923. The maximum Gasteiger partial charge on any atom is 0.299 e. The molecule has 7 heteroatoms. The van der Waals surface area contributed by atoms with Crippen molar-refractivity contribution in [2.24, 2.45) is 50.2 Å². The van der Waals surface area contributed by atoms with E-state index in [-0.39, 0.29) is 44.6 Å². The average molecular weight is 689 g/mol. The van der Waals surface area contributed by atoms with Crippen molar-refractivity contribution in [2.45, 2.75) is 171 Å². The van der Waals surface area contributed by atoms with Crippen LogP contribution in [0.5, 0.6) is 0 Å². The molecule has 0 aromatic carbocycles. The molecule has 0 aromatic heterocycles. The first-order chi connectivity index (χ1) is 20.7. The molecule has 0 radical (unpaired) electrons. The molecule has 9 atom stereocenters. The van der Waals surface area contributed by atoms with E-state index in [1.807, 2.05) is 0 Å². The number of allylic oxidation sites excluding steroid dienone is 2. The van der Waals surface area contributed by atoms with Crippen LogP contribution in [-0.4, -0.2) is 43.6 Å². The Kier molecular flexibility index (Phi) is 9.18. The molecule has 4 fully saturated rings. The van der Waals surface area contributed by atoms with Crippen LogP contribution >= 0.6 is 0 Å². The Balaban J connectivity index is 1.55. The second kappa shape index (κ2) is 11.4. The highest BCUT2D eigenvalue weighted by atomic mass is 28.4. The smallest absolute Gasteiger partial charge is 0.299 e. The zero-order valence-corrected chi connectivity index (χ0v) is 35.8. The molecule has 5 rings (SSSR count). The van der Waals surface area contributed by atoms with Gasteiger partial charge in [0.05, 0.1) is 11.5 Å². The van der Waals surface area contributed by atoms with Gasteiger partial charge in [-0.05, 0) is 163 Å². The summed E-state index contributed by atoms with van der Waals surface area (Å²) >= 11 is 0. The molecule has 5 aliphatic rings. The lowest BCUT2D eigenvalue weighted by molar-refractivity contribution is -0.212. The summed E-state index contributed by atoms with van der Waals surface area (Å²) in [7, 11) is -5.41. The molecule has 0 aromatic rings. The molecule has 0 amide bonds. The molecule has 4 nitrogen and oxygen atoms in total. The third kappa shape index (κ3) is 6.19. The largest absolute Gasteiger partial charge is 0.519 e.